The Labute approximate surface area is 163 Å². The summed E-state index contributed by atoms with van der Waals surface area (Å²) in [6, 6.07) is 6.76. The summed E-state index contributed by atoms with van der Waals surface area (Å²) < 4.78 is 39.7. The first kappa shape index (κ1) is 18.5. The van der Waals surface area contributed by atoms with Gasteiger partial charge in [0, 0.05) is 23.0 Å². The van der Waals surface area contributed by atoms with Crippen LogP contribution < -0.4 is 9.46 Å². The fraction of sp³-hybridized carbons (Fsp3) is 0.368. The zero-order chi connectivity index (χ0) is 19.9. The molecule has 1 saturated carbocycles. The van der Waals surface area contributed by atoms with E-state index in [-0.39, 0.29) is 10.8 Å². The molecule has 9 heteroatoms. The number of H-pyrrole nitrogens is 1. The number of anilines is 1. The number of hydrogen-bond acceptors (Lipinski definition) is 6. The molecular formula is C19H22N4O4S. The summed E-state index contributed by atoms with van der Waals surface area (Å²) in [6.45, 7) is 5.94. The van der Waals surface area contributed by atoms with Gasteiger partial charge in [-0.15, -0.1) is 0 Å². The molecule has 0 radical (unpaired) electrons. The Kier molecular flexibility index (Phi) is 4.62. The second-order valence-corrected chi connectivity index (χ2v) is 8.49. The maximum Gasteiger partial charge on any atom is 0.264 e. The van der Waals surface area contributed by atoms with E-state index in [0.717, 1.165) is 12.8 Å². The van der Waals surface area contributed by atoms with Gasteiger partial charge in [0.2, 0.25) is 0 Å². The molecule has 2 N–H and O–H groups in total. The molecular weight excluding hydrogens is 380 g/mol. The Hall–Kier alpha value is -2.81. The van der Waals surface area contributed by atoms with Crippen LogP contribution in [-0.4, -0.2) is 30.1 Å². The van der Waals surface area contributed by atoms with Gasteiger partial charge in [0.25, 0.3) is 15.9 Å². The van der Waals surface area contributed by atoms with E-state index in [0.29, 0.717) is 46.7 Å². The van der Waals surface area contributed by atoms with Crippen molar-refractivity contribution in [1.29, 1.82) is 0 Å². The van der Waals surface area contributed by atoms with Gasteiger partial charge in [0.1, 0.15) is 10.6 Å². The number of aryl methyl sites for hydroxylation is 2. The lowest BCUT2D eigenvalue weighted by Gasteiger charge is -2.10. The SMILES string of the molecule is CCOc1ccc(NS(=O)(=O)c2c(C)[nH]c(C)c2-c2nc(C3CC3)no2)cc1. The van der Waals surface area contributed by atoms with E-state index in [2.05, 4.69) is 19.8 Å². The van der Waals surface area contributed by atoms with Crippen molar-refractivity contribution in [2.45, 2.75) is 44.4 Å². The first-order valence-corrected chi connectivity index (χ1v) is 10.7. The molecule has 3 aromatic rings. The highest BCUT2D eigenvalue weighted by molar-refractivity contribution is 7.93. The van der Waals surface area contributed by atoms with E-state index in [4.69, 9.17) is 9.26 Å². The predicted octanol–water partition coefficient (Wildman–Crippen LogP) is 3.76. The lowest BCUT2D eigenvalue weighted by molar-refractivity contribution is 0.340. The first-order valence-electron chi connectivity index (χ1n) is 9.18. The number of aromatic amines is 1. The molecule has 0 atom stereocenters. The van der Waals surface area contributed by atoms with Gasteiger partial charge in [0.15, 0.2) is 5.82 Å². The third-order valence-electron chi connectivity index (χ3n) is 4.60. The van der Waals surface area contributed by atoms with Crippen molar-refractivity contribution in [3.05, 3.63) is 41.5 Å². The lowest BCUT2D eigenvalue weighted by atomic mass is 10.2. The number of sulfonamides is 1. The monoisotopic (exact) mass is 402 g/mol. The van der Waals surface area contributed by atoms with Crippen molar-refractivity contribution in [3.8, 4) is 17.2 Å². The molecule has 28 heavy (non-hydrogen) atoms. The standard InChI is InChI=1S/C19H22N4O4S/c1-4-26-15-9-7-14(8-10-15)23-28(24,25)17-12(3)20-11(2)16(17)19-21-18(22-27-19)13-5-6-13/h7-10,13,20,23H,4-6H2,1-3H3. The number of ether oxygens (including phenoxy) is 1. The molecule has 0 bridgehead atoms. The Morgan fingerprint density at radius 3 is 2.57 bits per heavy atom. The summed E-state index contributed by atoms with van der Waals surface area (Å²) in [7, 11) is -3.87. The van der Waals surface area contributed by atoms with Crippen molar-refractivity contribution < 1.29 is 17.7 Å². The highest BCUT2D eigenvalue weighted by Crippen LogP contribution is 2.40. The first-order chi connectivity index (χ1) is 13.4. The van der Waals surface area contributed by atoms with Crippen molar-refractivity contribution in [2.24, 2.45) is 0 Å². The average molecular weight is 402 g/mol. The molecule has 0 unspecified atom stereocenters. The van der Waals surface area contributed by atoms with Gasteiger partial charge in [-0.2, -0.15) is 4.98 Å². The van der Waals surface area contributed by atoms with Crippen molar-refractivity contribution in [3.63, 3.8) is 0 Å². The maximum absolute atomic E-state index is 13.1. The molecule has 2 heterocycles. The fourth-order valence-electron chi connectivity index (χ4n) is 3.19. The van der Waals surface area contributed by atoms with Crippen molar-refractivity contribution in [1.82, 2.24) is 15.1 Å². The Morgan fingerprint density at radius 2 is 1.93 bits per heavy atom. The van der Waals surface area contributed by atoms with E-state index >= 15 is 0 Å². The van der Waals surface area contributed by atoms with Crippen LogP contribution in [-0.2, 0) is 10.0 Å². The van der Waals surface area contributed by atoms with Crippen LogP contribution >= 0.6 is 0 Å². The van der Waals surface area contributed by atoms with Crippen LogP contribution in [0.1, 0.15) is 42.9 Å². The molecule has 2 aromatic heterocycles. The molecule has 4 rings (SSSR count). The number of benzene rings is 1. The van der Waals surface area contributed by atoms with E-state index in [1.54, 1.807) is 38.1 Å². The fourth-order valence-corrected chi connectivity index (χ4v) is 4.70. The molecule has 1 aliphatic rings. The zero-order valence-electron chi connectivity index (χ0n) is 15.9. The highest BCUT2D eigenvalue weighted by atomic mass is 32.2. The number of rotatable bonds is 7. The molecule has 1 aromatic carbocycles. The van der Waals surface area contributed by atoms with Crippen LogP contribution in [0.4, 0.5) is 5.69 Å². The van der Waals surface area contributed by atoms with Crippen LogP contribution in [0.3, 0.4) is 0 Å². The molecule has 148 valence electrons. The summed E-state index contributed by atoms with van der Waals surface area (Å²) in [6.07, 6.45) is 2.07. The minimum Gasteiger partial charge on any atom is -0.494 e. The molecule has 0 spiro atoms. The minimum absolute atomic E-state index is 0.116. The van der Waals surface area contributed by atoms with Gasteiger partial charge in [0.05, 0.1) is 12.2 Å². The predicted molar refractivity (Wildman–Crippen MR) is 104 cm³/mol. The normalized spacial score (nSPS) is 14.2. The lowest BCUT2D eigenvalue weighted by Crippen LogP contribution is -2.14. The molecule has 0 saturated heterocycles. The Balaban J connectivity index is 1.68. The number of hydrogen-bond donors (Lipinski definition) is 2. The summed E-state index contributed by atoms with van der Waals surface area (Å²) in [5.41, 5.74) is 2.03. The summed E-state index contributed by atoms with van der Waals surface area (Å²) in [5, 5.41) is 4.01. The Morgan fingerprint density at radius 1 is 1.21 bits per heavy atom. The van der Waals surface area contributed by atoms with E-state index in [9.17, 15) is 8.42 Å². The Bertz CT molecular complexity index is 1100. The largest absolute Gasteiger partial charge is 0.494 e. The molecule has 8 nitrogen and oxygen atoms in total. The van der Waals surface area contributed by atoms with Gasteiger partial charge < -0.3 is 14.2 Å². The molecule has 1 aliphatic carbocycles. The van der Waals surface area contributed by atoms with Gasteiger partial charge in [-0.05, 0) is 57.9 Å². The second-order valence-electron chi connectivity index (χ2n) is 6.87. The summed E-state index contributed by atoms with van der Waals surface area (Å²) in [5.74, 6) is 1.85. The topological polar surface area (TPSA) is 110 Å². The van der Waals surface area contributed by atoms with Crippen LogP contribution in [0.2, 0.25) is 0 Å². The van der Waals surface area contributed by atoms with Crippen molar-refractivity contribution >= 4 is 15.7 Å². The summed E-state index contributed by atoms with van der Waals surface area (Å²) in [4.78, 5) is 7.62. The number of nitrogens with zero attached hydrogens (tertiary/aromatic N) is 2. The third kappa shape index (κ3) is 3.49. The van der Waals surface area contributed by atoms with E-state index in [1.807, 2.05) is 6.92 Å². The molecule has 1 fully saturated rings. The van der Waals surface area contributed by atoms with Crippen LogP contribution in [0.25, 0.3) is 11.5 Å². The zero-order valence-corrected chi connectivity index (χ0v) is 16.8. The van der Waals surface area contributed by atoms with Crippen molar-refractivity contribution in [2.75, 3.05) is 11.3 Å². The highest BCUT2D eigenvalue weighted by Gasteiger charge is 2.32. The maximum atomic E-state index is 13.1. The number of aromatic nitrogens is 3. The van der Waals surface area contributed by atoms with Gasteiger partial charge in [-0.25, -0.2) is 8.42 Å². The average Bonchev–Trinajstić information content (AvgIpc) is 3.29. The van der Waals surface area contributed by atoms with Gasteiger partial charge >= 0.3 is 0 Å². The van der Waals surface area contributed by atoms with Gasteiger partial charge in [-0.3, -0.25) is 4.72 Å². The van der Waals surface area contributed by atoms with Gasteiger partial charge in [-0.1, -0.05) is 5.16 Å². The summed E-state index contributed by atoms with van der Waals surface area (Å²) >= 11 is 0. The third-order valence-corrected chi connectivity index (χ3v) is 6.15. The van der Waals surface area contributed by atoms with E-state index in [1.165, 1.54) is 0 Å². The smallest absolute Gasteiger partial charge is 0.264 e. The second kappa shape index (κ2) is 6.97. The van der Waals surface area contributed by atoms with Crippen LogP contribution in [0, 0.1) is 13.8 Å². The van der Waals surface area contributed by atoms with Crippen LogP contribution in [0.15, 0.2) is 33.7 Å². The van der Waals surface area contributed by atoms with Crippen LogP contribution in [0.5, 0.6) is 5.75 Å². The minimum atomic E-state index is -3.87. The number of nitrogens with one attached hydrogen (secondary N) is 2. The molecule has 0 amide bonds. The quantitative estimate of drug-likeness (QED) is 0.623. The van der Waals surface area contributed by atoms with E-state index < -0.39 is 10.0 Å². The molecule has 0 aliphatic heterocycles.